The number of carbonyl (C=O) groups excluding carboxylic acids is 1. The van der Waals surface area contributed by atoms with E-state index in [0.29, 0.717) is 19.3 Å². The highest BCUT2D eigenvalue weighted by Crippen LogP contribution is 2.44. The molecule has 3 aromatic rings. The monoisotopic (exact) mass is 796 g/mol. The zero-order chi connectivity index (χ0) is 40.4. The topological polar surface area (TPSA) is 78.9 Å². The van der Waals surface area contributed by atoms with E-state index in [2.05, 4.69) is 45.0 Å². The van der Waals surface area contributed by atoms with Crippen LogP contribution in [0.25, 0.3) is 0 Å². The molecule has 0 heterocycles. The standard InChI is InChI=1S/C41H53F5O6SSi/c1-10-26(27-16-20-31(21-17-27)53(48,49)51-37-35(45)33(43)32(42)34(44)36(37)46)24-29(25-40(6,7)38(47)50-41(11-2)22-12-13-23-41)28-14-18-30(19-15-28)52-54(8,9)39(3,4)5/h14-21,26,29H,10-13,22-25H2,1-9H3. The van der Waals surface area contributed by atoms with Crippen LogP contribution in [0.5, 0.6) is 11.5 Å². The Bertz CT molecular complexity index is 1870. The fourth-order valence-corrected chi connectivity index (χ4v) is 8.74. The molecule has 1 fully saturated rings. The van der Waals surface area contributed by atoms with E-state index in [-0.39, 0.29) is 22.8 Å². The van der Waals surface area contributed by atoms with Crippen LogP contribution >= 0.6 is 0 Å². The SMILES string of the molecule is CCC(CC(CC(C)(C)C(=O)OC1(CC)CCCC1)c1ccc(O[Si](C)(C)C(C)(C)C)cc1)c1ccc(S(=O)(=O)Oc2c(F)c(F)c(F)c(F)c2F)cc1. The third kappa shape index (κ3) is 9.49. The van der Waals surface area contributed by atoms with Crippen LogP contribution in [0.4, 0.5) is 22.0 Å². The second-order valence-corrected chi connectivity index (χ2v) is 23.0. The zero-order valence-corrected chi connectivity index (χ0v) is 34.5. The summed E-state index contributed by atoms with van der Waals surface area (Å²) in [6.07, 6.45) is 6.17. The largest absolute Gasteiger partial charge is 0.544 e. The summed E-state index contributed by atoms with van der Waals surface area (Å²) in [7, 11) is -7.09. The summed E-state index contributed by atoms with van der Waals surface area (Å²) in [5.74, 6) is -13.5. The molecule has 13 heteroatoms. The summed E-state index contributed by atoms with van der Waals surface area (Å²) in [4.78, 5) is 13.3. The Hall–Kier alpha value is -3.45. The summed E-state index contributed by atoms with van der Waals surface area (Å²) < 4.78 is 113. The molecule has 6 nitrogen and oxygen atoms in total. The number of carbonyl (C=O) groups is 1. The van der Waals surface area contributed by atoms with E-state index < -0.39 is 69.2 Å². The van der Waals surface area contributed by atoms with Crippen molar-refractivity contribution in [2.45, 2.75) is 140 Å². The highest BCUT2D eigenvalue weighted by molar-refractivity contribution is 7.87. The van der Waals surface area contributed by atoms with Gasteiger partial charge < -0.3 is 13.3 Å². The van der Waals surface area contributed by atoms with Crippen molar-refractivity contribution >= 4 is 24.4 Å². The van der Waals surface area contributed by atoms with Gasteiger partial charge in [0.15, 0.2) is 0 Å². The van der Waals surface area contributed by atoms with E-state index >= 15 is 0 Å². The molecule has 0 aliphatic heterocycles. The Labute approximate surface area is 318 Å². The molecule has 0 bridgehead atoms. The van der Waals surface area contributed by atoms with E-state index in [9.17, 15) is 35.2 Å². The molecule has 4 rings (SSSR count). The second kappa shape index (κ2) is 16.3. The number of rotatable bonds is 15. The van der Waals surface area contributed by atoms with Gasteiger partial charge in [0.25, 0.3) is 0 Å². The van der Waals surface area contributed by atoms with E-state index in [4.69, 9.17) is 9.16 Å². The van der Waals surface area contributed by atoms with Gasteiger partial charge in [-0.1, -0.05) is 58.9 Å². The van der Waals surface area contributed by atoms with Crippen molar-refractivity contribution in [1.82, 2.24) is 0 Å². The average molecular weight is 797 g/mol. The van der Waals surface area contributed by atoms with Crippen molar-refractivity contribution in [1.29, 1.82) is 0 Å². The molecule has 2 unspecified atom stereocenters. The van der Waals surface area contributed by atoms with Crippen LogP contribution in [-0.4, -0.2) is 28.3 Å². The molecule has 0 radical (unpaired) electrons. The Morgan fingerprint density at radius 1 is 0.778 bits per heavy atom. The maximum absolute atomic E-state index is 14.2. The minimum Gasteiger partial charge on any atom is -0.544 e. The fourth-order valence-electron chi connectivity index (χ4n) is 6.78. The summed E-state index contributed by atoms with van der Waals surface area (Å²) in [5, 5.41) is 0.00624. The van der Waals surface area contributed by atoms with Gasteiger partial charge >= 0.3 is 16.1 Å². The smallest absolute Gasteiger partial charge is 0.339 e. The molecular formula is C41H53F5O6SSi. The first-order valence-corrected chi connectivity index (χ1v) is 22.9. The lowest BCUT2D eigenvalue weighted by Crippen LogP contribution is -2.43. The van der Waals surface area contributed by atoms with Crippen LogP contribution in [0, 0.1) is 34.5 Å². The van der Waals surface area contributed by atoms with Gasteiger partial charge in [-0.05, 0) is 131 Å². The fraction of sp³-hybridized carbons (Fsp3) is 0.537. The predicted molar refractivity (Wildman–Crippen MR) is 201 cm³/mol. The number of hydrogen-bond donors (Lipinski definition) is 0. The van der Waals surface area contributed by atoms with Crippen LogP contribution in [0.15, 0.2) is 53.4 Å². The quantitative estimate of drug-likeness (QED) is 0.0381. The lowest BCUT2D eigenvalue weighted by Gasteiger charge is -2.37. The highest BCUT2D eigenvalue weighted by Gasteiger charge is 2.42. The van der Waals surface area contributed by atoms with Crippen LogP contribution < -0.4 is 8.61 Å². The van der Waals surface area contributed by atoms with Gasteiger partial charge in [-0.2, -0.15) is 17.2 Å². The number of benzene rings is 3. The molecule has 0 aromatic heterocycles. The van der Waals surface area contributed by atoms with Crippen molar-refractivity contribution in [3.05, 3.63) is 88.7 Å². The minimum absolute atomic E-state index is 0.00624. The molecule has 298 valence electrons. The maximum Gasteiger partial charge on any atom is 0.339 e. The molecule has 54 heavy (non-hydrogen) atoms. The second-order valence-electron chi connectivity index (χ2n) is 16.7. The summed E-state index contributed by atoms with van der Waals surface area (Å²) >= 11 is 0. The van der Waals surface area contributed by atoms with Crippen molar-refractivity contribution < 1.29 is 48.5 Å². The summed E-state index contributed by atoms with van der Waals surface area (Å²) in [6.45, 7) is 18.7. The third-order valence-electron chi connectivity index (χ3n) is 11.4. The van der Waals surface area contributed by atoms with Gasteiger partial charge in [-0.25, -0.2) is 13.2 Å². The third-order valence-corrected chi connectivity index (χ3v) is 17.0. The number of halogens is 5. The molecule has 1 aliphatic carbocycles. The summed E-state index contributed by atoms with van der Waals surface area (Å²) in [6, 6.07) is 13.4. The molecule has 0 N–H and O–H groups in total. The van der Waals surface area contributed by atoms with Crippen molar-refractivity contribution in [3.63, 3.8) is 0 Å². The van der Waals surface area contributed by atoms with Gasteiger partial charge in [-0.15, -0.1) is 0 Å². The first-order chi connectivity index (χ1) is 25.0. The lowest BCUT2D eigenvalue weighted by atomic mass is 9.74. The molecule has 2 atom stereocenters. The van der Waals surface area contributed by atoms with Crippen molar-refractivity contribution in [2.24, 2.45) is 5.41 Å². The van der Waals surface area contributed by atoms with E-state index in [0.717, 1.165) is 61.1 Å². The maximum atomic E-state index is 14.2. The average Bonchev–Trinajstić information content (AvgIpc) is 3.58. The normalized spacial score (nSPS) is 16.2. The predicted octanol–water partition coefficient (Wildman–Crippen LogP) is 11.9. The van der Waals surface area contributed by atoms with Gasteiger partial charge in [0, 0.05) is 0 Å². The van der Waals surface area contributed by atoms with Crippen LogP contribution in [0.3, 0.4) is 0 Å². The number of ether oxygens (including phenoxy) is 1. The Kier molecular flexibility index (Phi) is 13.1. The van der Waals surface area contributed by atoms with Gasteiger partial charge in [0.1, 0.15) is 16.2 Å². The van der Waals surface area contributed by atoms with Crippen molar-refractivity contribution in [2.75, 3.05) is 0 Å². The molecule has 0 amide bonds. The molecular weight excluding hydrogens is 744 g/mol. The highest BCUT2D eigenvalue weighted by atomic mass is 32.2. The Balaban J connectivity index is 1.63. The van der Waals surface area contributed by atoms with Gasteiger partial charge in [-0.3, -0.25) is 4.79 Å². The molecule has 0 spiro atoms. The van der Waals surface area contributed by atoms with E-state index in [1.54, 1.807) is 0 Å². The first kappa shape index (κ1) is 43.3. The zero-order valence-electron chi connectivity index (χ0n) is 32.7. The van der Waals surface area contributed by atoms with Gasteiger partial charge in [0.2, 0.25) is 43.2 Å². The van der Waals surface area contributed by atoms with Crippen LogP contribution in [-0.2, 0) is 19.6 Å². The van der Waals surface area contributed by atoms with Gasteiger partial charge in [0.05, 0.1) is 5.41 Å². The first-order valence-electron chi connectivity index (χ1n) is 18.6. The molecule has 1 aliphatic rings. The molecule has 1 saturated carbocycles. The van der Waals surface area contributed by atoms with E-state index in [1.165, 1.54) is 12.1 Å². The molecule has 0 saturated heterocycles. The van der Waals surface area contributed by atoms with Crippen molar-refractivity contribution in [3.8, 4) is 11.5 Å². The summed E-state index contributed by atoms with van der Waals surface area (Å²) in [5.41, 5.74) is 0.453. The Morgan fingerprint density at radius 2 is 1.26 bits per heavy atom. The number of esters is 1. The minimum atomic E-state index is -4.99. The molecule has 3 aromatic carbocycles. The van der Waals surface area contributed by atoms with E-state index in [1.807, 2.05) is 45.0 Å². The number of hydrogen-bond acceptors (Lipinski definition) is 6. The lowest BCUT2D eigenvalue weighted by molar-refractivity contribution is -0.171. The van der Waals surface area contributed by atoms with Crippen LogP contribution in [0.2, 0.25) is 18.1 Å². The van der Waals surface area contributed by atoms with Crippen LogP contribution in [0.1, 0.15) is 123 Å². The Morgan fingerprint density at radius 3 is 1.74 bits per heavy atom.